The predicted octanol–water partition coefficient (Wildman–Crippen LogP) is 5.70. The summed E-state index contributed by atoms with van der Waals surface area (Å²) in [6.45, 7) is 1.98. The molecule has 0 aliphatic carbocycles. The van der Waals surface area contributed by atoms with Gasteiger partial charge in [-0.05, 0) is 30.2 Å². The van der Waals surface area contributed by atoms with Crippen LogP contribution in [0.5, 0.6) is 0 Å². The average molecular weight is 354 g/mol. The molecular formula is C19H13Cl2N3. The molecule has 0 N–H and O–H groups in total. The molecule has 2 aromatic carbocycles. The molecule has 0 amide bonds. The molecule has 5 heteroatoms. The molecular weight excluding hydrogens is 341 g/mol. The first kappa shape index (κ1) is 15.2. The summed E-state index contributed by atoms with van der Waals surface area (Å²) in [5.41, 5.74) is 4.79. The van der Waals surface area contributed by atoms with Crippen molar-refractivity contribution in [3.05, 3.63) is 76.8 Å². The summed E-state index contributed by atoms with van der Waals surface area (Å²) in [5.74, 6) is 0. The second-order valence-corrected chi connectivity index (χ2v) is 6.34. The van der Waals surface area contributed by atoms with Crippen molar-refractivity contribution in [2.24, 2.45) is 0 Å². The van der Waals surface area contributed by atoms with E-state index in [0.29, 0.717) is 5.15 Å². The molecule has 0 bridgehead atoms. The normalized spacial score (nSPS) is 11.1. The van der Waals surface area contributed by atoms with Crippen LogP contribution in [0, 0.1) is 6.92 Å². The first-order valence-corrected chi connectivity index (χ1v) is 8.24. The van der Waals surface area contributed by atoms with Crippen molar-refractivity contribution in [2.45, 2.75) is 6.92 Å². The molecule has 0 spiro atoms. The zero-order chi connectivity index (χ0) is 16.7. The number of aromatic nitrogens is 3. The van der Waals surface area contributed by atoms with Crippen LogP contribution < -0.4 is 0 Å². The highest BCUT2D eigenvalue weighted by Gasteiger charge is 2.16. The molecule has 118 valence electrons. The zero-order valence-electron chi connectivity index (χ0n) is 12.9. The van der Waals surface area contributed by atoms with Gasteiger partial charge >= 0.3 is 0 Å². The molecule has 0 fully saturated rings. The van der Waals surface area contributed by atoms with Gasteiger partial charge < -0.3 is 4.57 Å². The maximum atomic E-state index is 6.38. The quantitative estimate of drug-likeness (QED) is 0.432. The molecule has 2 aromatic heterocycles. The highest BCUT2D eigenvalue weighted by molar-refractivity contribution is 6.35. The third-order valence-electron chi connectivity index (χ3n) is 4.06. The second kappa shape index (κ2) is 5.93. The number of aryl methyl sites for hydroxylation is 1. The van der Waals surface area contributed by atoms with E-state index >= 15 is 0 Å². The summed E-state index contributed by atoms with van der Waals surface area (Å²) < 4.78 is 2.00. The third-order valence-corrected chi connectivity index (χ3v) is 4.75. The van der Waals surface area contributed by atoms with Crippen LogP contribution in [0.25, 0.3) is 27.8 Å². The zero-order valence-corrected chi connectivity index (χ0v) is 14.4. The fraction of sp³-hybridized carbons (Fsp3) is 0.0526. The number of hydrogen-bond donors (Lipinski definition) is 0. The van der Waals surface area contributed by atoms with Crippen LogP contribution in [0.15, 0.2) is 61.1 Å². The standard InChI is InChI=1S/C19H13Cl2N3/c1-12-7-8-14(9-16(12)20)24-10-15(13-5-3-2-4-6-13)17-18(21)22-11-23-19(17)24/h2-11H,1H3. The van der Waals surface area contributed by atoms with E-state index in [-0.39, 0.29) is 0 Å². The average Bonchev–Trinajstić information content (AvgIpc) is 2.99. The Balaban J connectivity index is 2.04. The summed E-state index contributed by atoms with van der Waals surface area (Å²) in [6.07, 6.45) is 3.51. The molecule has 0 radical (unpaired) electrons. The molecule has 0 aliphatic rings. The summed E-state index contributed by atoms with van der Waals surface area (Å²) in [7, 11) is 0. The maximum Gasteiger partial charge on any atom is 0.150 e. The van der Waals surface area contributed by atoms with Crippen molar-refractivity contribution in [2.75, 3.05) is 0 Å². The highest BCUT2D eigenvalue weighted by Crippen LogP contribution is 2.35. The van der Waals surface area contributed by atoms with Crippen LogP contribution in [-0.4, -0.2) is 14.5 Å². The van der Waals surface area contributed by atoms with Gasteiger partial charge in [-0.15, -0.1) is 0 Å². The molecule has 0 saturated carbocycles. The van der Waals surface area contributed by atoms with E-state index in [9.17, 15) is 0 Å². The first-order valence-electron chi connectivity index (χ1n) is 7.48. The Morgan fingerprint density at radius 1 is 0.958 bits per heavy atom. The van der Waals surface area contributed by atoms with Gasteiger partial charge in [-0.25, -0.2) is 9.97 Å². The van der Waals surface area contributed by atoms with Crippen LogP contribution in [0.2, 0.25) is 10.2 Å². The highest BCUT2D eigenvalue weighted by atomic mass is 35.5. The van der Waals surface area contributed by atoms with Crippen LogP contribution in [0.1, 0.15) is 5.56 Å². The van der Waals surface area contributed by atoms with Gasteiger partial charge in [0.2, 0.25) is 0 Å². The topological polar surface area (TPSA) is 30.7 Å². The lowest BCUT2D eigenvalue weighted by molar-refractivity contribution is 1.07. The Labute approximate surface area is 149 Å². The van der Waals surface area contributed by atoms with Crippen molar-refractivity contribution in [1.82, 2.24) is 14.5 Å². The molecule has 4 aromatic rings. The molecule has 3 nitrogen and oxygen atoms in total. The summed E-state index contributed by atoms with van der Waals surface area (Å²) in [5, 5.41) is 1.99. The van der Waals surface area contributed by atoms with E-state index in [4.69, 9.17) is 23.2 Å². The lowest BCUT2D eigenvalue weighted by Crippen LogP contribution is -1.94. The van der Waals surface area contributed by atoms with Gasteiger partial charge in [-0.1, -0.05) is 59.6 Å². The van der Waals surface area contributed by atoms with Gasteiger partial charge in [0.05, 0.1) is 5.39 Å². The number of benzene rings is 2. The summed E-state index contributed by atoms with van der Waals surface area (Å²) in [4.78, 5) is 8.59. The molecule has 24 heavy (non-hydrogen) atoms. The second-order valence-electron chi connectivity index (χ2n) is 5.58. The van der Waals surface area contributed by atoms with E-state index in [2.05, 4.69) is 9.97 Å². The smallest absolute Gasteiger partial charge is 0.150 e. The van der Waals surface area contributed by atoms with Gasteiger partial charge in [-0.2, -0.15) is 0 Å². The Morgan fingerprint density at radius 3 is 2.50 bits per heavy atom. The van der Waals surface area contributed by atoms with Crippen LogP contribution in [-0.2, 0) is 0 Å². The molecule has 0 saturated heterocycles. The van der Waals surface area contributed by atoms with Gasteiger partial charge in [-0.3, -0.25) is 0 Å². The minimum atomic E-state index is 0.441. The van der Waals surface area contributed by atoms with E-state index < -0.39 is 0 Å². The number of rotatable bonds is 2. The summed E-state index contributed by atoms with van der Waals surface area (Å²) in [6, 6.07) is 16.0. The minimum absolute atomic E-state index is 0.441. The van der Waals surface area contributed by atoms with Crippen LogP contribution in [0.3, 0.4) is 0 Å². The van der Waals surface area contributed by atoms with Gasteiger partial charge in [0.1, 0.15) is 17.1 Å². The van der Waals surface area contributed by atoms with E-state index in [1.807, 2.05) is 66.2 Å². The van der Waals surface area contributed by atoms with Gasteiger partial charge in [0.15, 0.2) is 0 Å². The van der Waals surface area contributed by atoms with Crippen molar-refractivity contribution >= 4 is 34.2 Å². The molecule has 0 atom stereocenters. The Kier molecular flexibility index (Phi) is 3.75. The lowest BCUT2D eigenvalue weighted by atomic mass is 10.1. The van der Waals surface area contributed by atoms with Gasteiger partial charge in [0, 0.05) is 22.5 Å². The minimum Gasteiger partial charge on any atom is -0.300 e. The maximum absolute atomic E-state index is 6.38. The Bertz CT molecular complexity index is 1040. The van der Waals surface area contributed by atoms with Crippen molar-refractivity contribution < 1.29 is 0 Å². The molecule has 0 aliphatic heterocycles. The fourth-order valence-electron chi connectivity index (χ4n) is 2.79. The number of fused-ring (bicyclic) bond motifs is 1. The number of halogens is 2. The largest absolute Gasteiger partial charge is 0.300 e. The fourth-order valence-corrected chi connectivity index (χ4v) is 3.19. The summed E-state index contributed by atoms with van der Waals surface area (Å²) >= 11 is 12.7. The Hall–Kier alpha value is -2.36. The molecule has 0 unspecified atom stereocenters. The van der Waals surface area contributed by atoms with Crippen molar-refractivity contribution in [1.29, 1.82) is 0 Å². The molecule has 4 rings (SSSR count). The van der Waals surface area contributed by atoms with Gasteiger partial charge in [0.25, 0.3) is 0 Å². The van der Waals surface area contributed by atoms with E-state index in [0.717, 1.165) is 38.4 Å². The monoisotopic (exact) mass is 353 g/mol. The first-order chi connectivity index (χ1) is 11.6. The Morgan fingerprint density at radius 2 is 1.75 bits per heavy atom. The van der Waals surface area contributed by atoms with Crippen molar-refractivity contribution in [3.8, 4) is 16.8 Å². The number of hydrogen-bond acceptors (Lipinski definition) is 2. The van der Waals surface area contributed by atoms with Crippen LogP contribution in [0.4, 0.5) is 0 Å². The third kappa shape index (κ3) is 2.46. The predicted molar refractivity (Wildman–Crippen MR) is 99.1 cm³/mol. The SMILES string of the molecule is Cc1ccc(-n2cc(-c3ccccc3)c3c(Cl)ncnc32)cc1Cl. The lowest BCUT2D eigenvalue weighted by Gasteiger charge is -2.06. The van der Waals surface area contributed by atoms with Crippen molar-refractivity contribution in [3.63, 3.8) is 0 Å². The van der Waals surface area contributed by atoms with E-state index in [1.165, 1.54) is 6.33 Å². The molecule has 2 heterocycles. The van der Waals surface area contributed by atoms with E-state index in [1.54, 1.807) is 0 Å². The van der Waals surface area contributed by atoms with Crippen LogP contribution >= 0.6 is 23.2 Å². The number of nitrogens with zero attached hydrogens (tertiary/aromatic N) is 3.